The van der Waals surface area contributed by atoms with E-state index in [0.717, 1.165) is 6.07 Å². The van der Waals surface area contributed by atoms with E-state index in [2.05, 4.69) is 5.32 Å². The minimum absolute atomic E-state index is 0.0271. The van der Waals surface area contributed by atoms with E-state index in [1.54, 1.807) is 6.07 Å². The third-order valence-corrected chi connectivity index (χ3v) is 4.00. The fourth-order valence-electron chi connectivity index (χ4n) is 2.32. The Kier molecular flexibility index (Phi) is 3.42. The van der Waals surface area contributed by atoms with Crippen LogP contribution in [0, 0.1) is 16.7 Å². The quantitative estimate of drug-likeness (QED) is 0.877. The molecule has 1 aliphatic rings. The Morgan fingerprint density at radius 3 is 2.50 bits per heavy atom. The highest BCUT2D eigenvalue weighted by Crippen LogP contribution is 2.42. The maximum Gasteiger partial charge on any atom is 0.417 e. The van der Waals surface area contributed by atoms with E-state index in [4.69, 9.17) is 5.26 Å². The summed E-state index contributed by atoms with van der Waals surface area (Å²) in [6, 6.07) is 4.96. The summed E-state index contributed by atoms with van der Waals surface area (Å²) in [7, 11) is 0. The molecule has 1 aromatic carbocycles. The van der Waals surface area contributed by atoms with E-state index in [-0.39, 0.29) is 11.5 Å². The molecular formula is C14H15F3N2O. The first kappa shape index (κ1) is 14.7. The molecule has 0 aromatic heterocycles. The van der Waals surface area contributed by atoms with Gasteiger partial charge in [0.15, 0.2) is 0 Å². The second kappa shape index (κ2) is 4.67. The molecular weight excluding hydrogens is 269 g/mol. The smallest absolute Gasteiger partial charge is 0.392 e. The average Bonchev–Trinajstić information content (AvgIpc) is 2.37. The molecule has 108 valence electrons. The van der Waals surface area contributed by atoms with Crippen LogP contribution in [-0.4, -0.2) is 17.3 Å². The first-order valence-electron chi connectivity index (χ1n) is 6.22. The lowest BCUT2D eigenvalue weighted by Gasteiger charge is -2.49. The van der Waals surface area contributed by atoms with E-state index in [1.165, 1.54) is 12.1 Å². The number of halogens is 3. The van der Waals surface area contributed by atoms with Gasteiger partial charge >= 0.3 is 6.18 Å². The molecule has 2 atom stereocenters. The van der Waals surface area contributed by atoms with Crippen LogP contribution in [-0.2, 0) is 6.18 Å². The monoisotopic (exact) mass is 284 g/mol. The van der Waals surface area contributed by atoms with Gasteiger partial charge in [-0.15, -0.1) is 0 Å². The van der Waals surface area contributed by atoms with Crippen LogP contribution in [0.2, 0.25) is 0 Å². The molecule has 20 heavy (non-hydrogen) atoms. The Morgan fingerprint density at radius 2 is 2.05 bits per heavy atom. The predicted octanol–water partition coefficient (Wildman–Crippen LogP) is 3.15. The molecule has 0 radical (unpaired) electrons. The lowest BCUT2D eigenvalue weighted by Crippen LogP contribution is -2.56. The first-order valence-corrected chi connectivity index (χ1v) is 6.22. The summed E-state index contributed by atoms with van der Waals surface area (Å²) in [6.45, 7) is 3.77. The SMILES string of the molecule is CC1(C)C(O)CC1Nc1ccc(C(F)(F)F)c(C#N)c1. The van der Waals surface area contributed by atoms with Crippen LogP contribution < -0.4 is 5.32 Å². The zero-order valence-corrected chi connectivity index (χ0v) is 11.1. The van der Waals surface area contributed by atoms with Crippen molar-refractivity contribution in [2.24, 2.45) is 5.41 Å². The molecule has 2 rings (SSSR count). The second-order valence-electron chi connectivity index (χ2n) is 5.64. The fourth-order valence-corrected chi connectivity index (χ4v) is 2.32. The van der Waals surface area contributed by atoms with Gasteiger partial charge in [-0.1, -0.05) is 13.8 Å². The van der Waals surface area contributed by atoms with Crippen molar-refractivity contribution in [3.05, 3.63) is 29.3 Å². The van der Waals surface area contributed by atoms with Crippen LogP contribution in [0.5, 0.6) is 0 Å². The maximum absolute atomic E-state index is 12.7. The summed E-state index contributed by atoms with van der Waals surface area (Å²) >= 11 is 0. The lowest BCUT2D eigenvalue weighted by atomic mass is 9.64. The Balaban J connectivity index is 2.22. The molecule has 0 aliphatic heterocycles. The molecule has 1 aliphatic carbocycles. The molecule has 1 fully saturated rings. The third kappa shape index (κ3) is 2.46. The van der Waals surface area contributed by atoms with Crippen molar-refractivity contribution in [2.75, 3.05) is 5.32 Å². The lowest BCUT2D eigenvalue weighted by molar-refractivity contribution is -0.137. The maximum atomic E-state index is 12.7. The van der Waals surface area contributed by atoms with Crippen LogP contribution >= 0.6 is 0 Å². The molecule has 0 heterocycles. The topological polar surface area (TPSA) is 56.0 Å². The molecule has 1 aromatic rings. The van der Waals surface area contributed by atoms with Gasteiger partial charge in [-0.05, 0) is 24.6 Å². The summed E-state index contributed by atoms with van der Waals surface area (Å²) in [6.07, 6.45) is -4.42. The number of nitriles is 1. The van der Waals surface area contributed by atoms with Crippen LogP contribution in [0.25, 0.3) is 0 Å². The van der Waals surface area contributed by atoms with Crippen molar-refractivity contribution in [3.63, 3.8) is 0 Å². The Labute approximate surface area is 115 Å². The van der Waals surface area contributed by atoms with E-state index >= 15 is 0 Å². The molecule has 0 amide bonds. The van der Waals surface area contributed by atoms with Gasteiger partial charge in [0.05, 0.1) is 23.3 Å². The van der Waals surface area contributed by atoms with Gasteiger partial charge < -0.3 is 10.4 Å². The molecule has 3 nitrogen and oxygen atoms in total. The zero-order valence-electron chi connectivity index (χ0n) is 11.1. The predicted molar refractivity (Wildman–Crippen MR) is 68.0 cm³/mol. The van der Waals surface area contributed by atoms with Gasteiger partial charge in [-0.2, -0.15) is 18.4 Å². The summed E-state index contributed by atoms with van der Waals surface area (Å²) in [5, 5.41) is 21.5. The van der Waals surface area contributed by atoms with Gasteiger partial charge in [-0.25, -0.2) is 0 Å². The molecule has 2 unspecified atom stereocenters. The fraction of sp³-hybridized carbons (Fsp3) is 0.500. The van der Waals surface area contributed by atoms with Crippen molar-refractivity contribution in [2.45, 2.75) is 38.6 Å². The Bertz CT molecular complexity index is 561. The number of aliphatic hydroxyl groups is 1. The van der Waals surface area contributed by atoms with Crippen LogP contribution in [0.1, 0.15) is 31.4 Å². The molecule has 0 spiro atoms. The van der Waals surface area contributed by atoms with E-state index < -0.39 is 23.4 Å². The Hall–Kier alpha value is -1.74. The van der Waals surface area contributed by atoms with Gasteiger partial charge in [0.25, 0.3) is 0 Å². The molecule has 2 N–H and O–H groups in total. The van der Waals surface area contributed by atoms with Crippen molar-refractivity contribution in [1.29, 1.82) is 5.26 Å². The standard InChI is InChI=1S/C14H15F3N2O/c1-13(2)11(6-12(13)20)19-9-3-4-10(14(15,16)17)8(5-9)7-18/h3-5,11-12,19-20H,6H2,1-2H3. The molecule has 0 bridgehead atoms. The number of nitrogens with zero attached hydrogens (tertiary/aromatic N) is 1. The number of anilines is 1. The first-order chi connectivity index (χ1) is 9.16. The largest absolute Gasteiger partial charge is 0.417 e. The van der Waals surface area contributed by atoms with E-state index in [0.29, 0.717) is 12.1 Å². The number of hydrogen-bond acceptors (Lipinski definition) is 3. The number of benzene rings is 1. The number of rotatable bonds is 2. The van der Waals surface area contributed by atoms with Gasteiger partial charge in [0.2, 0.25) is 0 Å². The number of alkyl halides is 3. The van der Waals surface area contributed by atoms with Gasteiger partial charge in [0.1, 0.15) is 0 Å². The zero-order chi connectivity index (χ0) is 15.1. The second-order valence-corrected chi connectivity index (χ2v) is 5.64. The summed E-state index contributed by atoms with van der Waals surface area (Å²) in [4.78, 5) is 0. The van der Waals surface area contributed by atoms with E-state index in [1.807, 2.05) is 13.8 Å². The van der Waals surface area contributed by atoms with Crippen molar-refractivity contribution >= 4 is 5.69 Å². The summed E-state index contributed by atoms with van der Waals surface area (Å²) < 4.78 is 38.0. The highest BCUT2D eigenvalue weighted by molar-refractivity contribution is 5.54. The number of aliphatic hydroxyl groups excluding tert-OH is 1. The van der Waals surface area contributed by atoms with Crippen molar-refractivity contribution in [3.8, 4) is 6.07 Å². The minimum atomic E-state index is -4.53. The van der Waals surface area contributed by atoms with Crippen LogP contribution in [0.4, 0.5) is 18.9 Å². The van der Waals surface area contributed by atoms with Crippen molar-refractivity contribution in [1.82, 2.24) is 0 Å². The average molecular weight is 284 g/mol. The molecule has 6 heteroatoms. The molecule has 1 saturated carbocycles. The summed E-state index contributed by atoms with van der Waals surface area (Å²) in [5.41, 5.74) is -1.21. The Morgan fingerprint density at radius 1 is 1.40 bits per heavy atom. The third-order valence-electron chi connectivity index (χ3n) is 4.00. The van der Waals surface area contributed by atoms with Gasteiger partial charge in [-0.3, -0.25) is 0 Å². The van der Waals surface area contributed by atoms with E-state index in [9.17, 15) is 18.3 Å². The van der Waals surface area contributed by atoms with Crippen LogP contribution in [0.15, 0.2) is 18.2 Å². The van der Waals surface area contributed by atoms with Crippen LogP contribution in [0.3, 0.4) is 0 Å². The highest BCUT2D eigenvalue weighted by atomic mass is 19.4. The minimum Gasteiger partial charge on any atom is -0.392 e. The normalized spacial score (nSPS) is 24.6. The number of hydrogen-bond donors (Lipinski definition) is 2. The summed E-state index contributed by atoms with van der Waals surface area (Å²) in [5.74, 6) is 0. The van der Waals surface area contributed by atoms with Gasteiger partial charge in [0, 0.05) is 17.1 Å². The highest BCUT2D eigenvalue weighted by Gasteiger charge is 2.47. The van der Waals surface area contributed by atoms with Crippen molar-refractivity contribution < 1.29 is 18.3 Å². The molecule has 0 saturated heterocycles. The number of nitrogens with one attached hydrogen (secondary N) is 1.